The summed E-state index contributed by atoms with van der Waals surface area (Å²) in [6.07, 6.45) is 7.13. The normalized spacial score (nSPS) is 18.0. The van der Waals surface area contributed by atoms with Crippen LogP contribution in [0.1, 0.15) is 56.9 Å². The van der Waals surface area contributed by atoms with E-state index in [9.17, 15) is 9.59 Å². The smallest absolute Gasteiger partial charge is 0.478 e. The Morgan fingerprint density at radius 1 is 0.884 bits per heavy atom. The zero-order valence-corrected chi connectivity index (χ0v) is 24.9. The van der Waals surface area contributed by atoms with E-state index in [1.807, 2.05) is 12.1 Å². The maximum Gasteiger partial charge on any atom is 0.510 e. The quantitative estimate of drug-likeness (QED) is 0.213. The van der Waals surface area contributed by atoms with Crippen LogP contribution in [0.2, 0.25) is 0 Å². The van der Waals surface area contributed by atoms with Crippen molar-refractivity contribution in [3.8, 4) is 5.88 Å². The van der Waals surface area contributed by atoms with Crippen molar-refractivity contribution >= 4 is 34.3 Å². The van der Waals surface area contributed by atoms with Gasteiger partial charge in [-0.05, 0) is 74.6 Å². The summed E-state index contributed by atoms with van der Waals surface area (Å²) in [7, 11) is 0. The number of piperazine rings is 1. The fourth-order valence-electron chi connectivity index (χ4n) is 6.38. The number of rotatable bonds is 10. The Bertz CT molecular complexity index is 1400. The molecule has 228 valence electrons. The van der Waals surface area contributed by atoms with Crippen LogP contribution in [0.25, 0.3) is 10.8 Å². The third-order valence-corrected chi connectivity index (χ3v) is 8.82. The number of benzene rings is 2. The van der Waals surface area contributed by atoms with Crippen LogP contribution in [-0.2, 0) is 20.7 Å². The molecule has 0 unspecified atom stereocenters. The van der Waals surface area contributed by atoms with Gasteiger partial charge in [-0.2, -0.15) is 4.98 Å². The molecule has 0 spiro atoms. The molecule has 1 aliphatic carbocycles. The van der Waals surface area contributed by atoms with Crippen LogP contribution in [0, 0.1) is 0 Å². The Labute approximate surface area is 253 Å². The summed E-state index contributed by atoms with van der Waals surface area (Å²) in [5, 5.41) is 2.61. The lowest BCUT2D eigenvalue weighted by Crippen LogP contribution is -2.46. The first-order valence-electron chi connectivity index (χ1n) is 15.9. The van der Waals surface area contributed by atoms with Gasteiger partial charge in [-0.1, -0.05) is 42.8 Å². The first kappa shape index (κ1) is 29.2. The summed E-state index contributed by atoms with van der Waals surface area (Å²) < 4.78 is 16.7. The number of hydrogen-bond acceptors (Lipinski definition) is 8. The van der Waals surface area contributed by atoms with Gasteiger partial charge in [0.2, 0.25) is 11.8 Å². The minimum absolute atomic E-state index is 0.0941. The van der Waals surface area contributed by atoms with Crippen molar-refractivity contribution in [1.82, 2.24) is 9.88 Å². The van der Waals surface area contributed by atoms with Gasteiger partial charge in [0.25, 0.3) is 0 Å². The fraction of sp³-hybridized carbons (Fsp3) is 0.500. The minimum atomic E-state index is -0.728. The lowest BCUT2D eigenvalue weighted by molar-refractivity contribution is -0.119. The molecule has 9 heteroatoms. The summed E-state index contributed by atoms with van der Waals surface area (Å²) in [6.45, 7) is 5.55. The maximum atomic E-state index is 12.7. The molecule has 6 rings (SSSR count). The van der Waals surface area contributed by atoms with Gasteiger partial charge in [0.1, 0.15) is 11.9 Å². The number of carbonyl (C=O) groups is 2. The molecule has 2 fully saturated rings. The minimum Gasteiger partial charge on any atom is -0.478 e. The van der Waals surface area contributed by atoms with Crippen molar-refractivity contribution in [3.05, 3.63) is 60.2 Å². The summed E-state index contributed by atoms with van der Waals surface area (Å²) >= 11 is 0. The van der Waals surface area contributed by atoms with Crippen LogP contribution in [0.4, 0.5) is 16.3 Å². The predicted molar refractivity (Wildman–Crippen MR) is 167 cm³/mol. The van der Waals surface area contributed by atoms with E-state index in [4.69, 9.17) is 14.2 Å². The third kappa shape index (κ3) is 7.39. The molecule has 1 aromatic heterocycles. The molecule has 3 heterocycles. The molecule has 9 nitrogen and oxygen atoms in total. The van der Waals surface area contributed by atoms with E-state index in [0.29, 0.717) is 31.1 Å². The number of amides is 1. The Morgan fingerprint density at radius 3 is 2.56 bits per heavy atom. The number of hydrogen-bond donors (Lipinski definition) is 0. The molecule has 0 radical (unpaired) electrons. The van der Waals surface area contributed by atoms with E-state index in [0.717, 1.165) is 76.8 Å². The highest BCUT2D eigenvalue weighted by atomic mass is 16.7. The number of anilines is 2. The fourth-order valence-corrected chi connectivity index (χ4v) is 6.38. The summed E-state index contributed by atoms with van der Waals surface area (Å²) in [5.74, 6) is 0.860. The van der Waals surface area contributed by atoms with Gasteiger partial charge in [-0.15, -0.1) is 0 Å². The van der Waals surface area contributed by atoms with E-state index in [-0.39, 0.29) is 18.7 Å². The molecule has 0 bridgehead atoms. The van der Waals surface area contributed by atoms with Gasteiger partial charge in [0, 0.05) is 49.7 Å². The van der Waals surface area contributed by atoms with Crippen molar-refractivity contribution in [2.45, 2.75) is 63.9 Å². The molecule has 1 saturated carbocycles. The zero-order valence-electron chi connectivity index (χ0n) is 24.9. The first-order chi connectivity index (χ1) is 21.1. The van der Waals surface area contributed by atoms with Crippen LogP contribution in [-0.4, -0.2) is 74.1 Å². The highest BCUT2D eigenvalue weighted by Gasteiger charge is 2.28. The van der Waals surface area contributed by atoms with E-state index in [1.165, 1.54) is 27.8 Å². The maximum absolute atomic E-state index is 12.7. The van der Waals surface area contributed by atoms with Gasteiger partial charge in [-0.3, -0.25) is 14.6 Å². The van der Waals surface area contributed by atoms with Gasteiger partial charge >= 0.3 is 6.16 Å². The number of nitrogens with zero attached hydrogens (tertiary/aromatic N) is 4. The second kappa shape index (κ2) is 14.1. The average molecular weight is 587 g/mol. The lowest BCUT2D eigenvalue weighted by atomic mass is 9.98. The Morgan fingerprint density at radius 2 is 1.70 bits per heavy atom. The first-order valence-corrected chi connectivity index (χ1v) is 15.9. The molecular formula is C34H42N4O5. The Hall–Kier alpha value is -3.85. The van der Waals surface area contributed by atoms with Crippen LogP contribution in [0.15, 0.2) is 54.6 Å². The van der Waals surface area contributed by atoms with Crippen molar-refractivity contribution in [2.75, 3.05) is 55.9 Å². The molecule has 3 aliphatic rings. The largest absolute Gasteiger partial charge is 0.510 e. The summed E-state index contributed by atoms with van der Waals surface area (Å²) in [4.78, 5) is 36.0. The monoisotopic (exact) mass is 586 g/mol. The Kier molecular flexibility index (Phi) is 9.57. The van der Waals surface area contributed by atoms with E-state index >= 15 is 0 Å². The molecule has 2 aromatic carbocycles. The molecule has 2 aliphatic heterocycles. The third-order valence-electron chi connectivity index (χ3n) is 8.82. The van der Waals surface area contributed by atoms with Crippen LogP contribution < -0.4 is 14.5 Å². The molecule has 3 aromatic rings. The van der Waals surface area contributed by atoms with Gasteiger partial charge in [-0.25, -0.2) is 4.79 Å². The number of aryl methyl sites for hydroxylation is 1. The van der Waals surface area contributed by atoms with Crippen LogP contribution in [0.5, 0.6) is 5.88 Å². The van der Waals surface area contributed by atoms with Gasteiger partial charge in [0.05, 0.1) is 6.61 Å². The Balaban J connectivity index is 0.933. The van der Waals surface area contributed by atoms with Gasteiger partial charge < -0.3 is 19.1 Å². The van der Waals surface area contributed by atoms with E-state index < -0.39 is 6.16 Å². The van der Waals surface area contributed by atoms with E-state index in [1.54, 1.807) is 0 Å². The van der Waals surface area contributed by atoms with Crippen LogP contribution in [0.3, 0.4) is 0 Å². The molecule has 0 atom stereocenters. The molecule has 1 amide bonds. The molecule has 43 heavy (non-hydrogen) atoms. The second-order valence-corrected chi connectivity index (χ2v) is 11.7. The summed E-state index contributed by atoms with van der Waals surface area (Å²) in [6, 6.07) is 19.0. The molecule has 0 N–H and O–H groups in total. The highest BCUT2D eigenvalue weighted by molar-refractivity contribution is 5.95. The molecular weight excluding hydrogens is 544 g/mol. The van der Waals surface area contributed by atoms with E-state index in [2.05, 4.69) is 57.2 Å². The van der Waals surface area contributed by atoms with Crippen molar-refractivity contribution in [2.24, 2.45) is 0 Å². The number of fused-ring (bicyclic) bond motifs is 2. The van der Waals surface area contributed by atoms with Crippen molar-refractivity contribution < 1.29 is 23.8 Å². The summed E-state index contributed by atoms with van der Waals surface area (Å²) in [5.41, 5.74) is 2.27. The number of ether oxygens (including phenoxy) is 3. The number of carbonyl (C=O) groups excluding carboxylic acids is 2. The standard InChI is InChI=1S/C34H42N4O5/c39-32-18-16-27-15-17-31(35-33(27)38(32)25-42-34(40)43-28-11-2-1-3-12-28)41-24-7-6-19-36-20-22-37(23-21-36)30-14-8-10-26-9-4-5-13-29(26)30/h4-5,8-10,13-15,17,28H,1-3,6-7,11-12,16,18-25H2. The SMILES string of the molecule is O=C(OCN1C(=O)CCc2ccc(OCCCCN3CCN(c4cccc5ccccc45)CC3)nc21)OC1CCCCC1. The van der Waals surface area contributed by atoms with Gasteiger partial charge in [0.15, 0.2) is 6.73 Å². The van der Waals surface area contributed by atoms with Crippen molar-refractivity contribution in [1.29, 1.82) is 0 Å². The molecule has 1 saturated heterocycles. The number of pyridine rings is 1. The highest BCUT2D eigenvalue weighted by Crippen LogP contribution is 2.29. The zero-order chi connectivity index (χ0) is 29.4. The average Bonchev–Trinajstić information content (AvgIpc) is 3.04. The van der Waals surface area contributed by atoms with Crippen molar-refractivity contribution in [3.63, 3.8) is 0 Å². The predicted octanol–water partition coefficient (Wildman–Crippen LogP) is 5.94. The number of unbranched alkanes of at least 4 members (excludes halogenated alkanes) is 1. The number of aromatic nitrogens is 1. The topological polar surface area (TPSA) is 84.4 Å². The lowest BCUT2D eigenvalue weighted by Gasteiger charge is -2.36. The second-order valence-electron chi connectivity index (χ2n) is 11.7. The van der Waals surface area contributed by atoms with Crippen LogP contribution >= 0.6 is 0 Å².